The number of rotatable bonds is 7. The monoisotopic (exact) mass is 343 g/mol. The van der Waals surface area contributed by atoms with Crippen LogP contribution in [0.3, 0.4) is 0 Å². The molecule has 0 heterocycles. The maximum atomic E-state index is 12.2. The van der Waals surface area contributed by atoms with Crippen LogP contribution in [0.25, 0.3) is 6.08 Å². The second kappa shape index (κ2) is 6.89. The fraction of sp³-hybridized carbons (Fsp3) is 0.263. The highest BCUT2D eigenvalue weighted by molar-refractivity contribution is 7.92. The van der Waals surface area contributed by atoms with Crippen molar-refractivity contribution >= 4 is 16.1 Å². The molecule has 2 aromatic rings. The normalized spacial score (nSPS) is 17.7. The van der Waals surface area contributed by atoms with Crippen molar-refractivity contribution in [3.63, 3.8) is 0 Å². The largest absolute Gasteiger partial charge is 0.383 e. The maximum Gasteiger partial charge on any atom is 0.233 e. The van der Waals surface area contributed by atoms with Gasteiger partial charge in [0.25, 0.3) is 0 Å². The molecule has 0 spiro atoms. The highest BCUT2D eigenvalue weighted by atomic mass is 32.2. The van der Waals surface area contributed by atoms with Crippen LogP contribution in [0.15, 0.2) is 66.1 Å². The fourth-order valence-corrected chi connectivity index (χ4v) is 3.61. The third kappa shape index (κ3) is 4.12. The summed E-state index contributed by atoms with van der Waals surface area (Å²) in [5.41, 5.74) is 0.403. The van der Waals surface area contributed by atoms with E-state index in [2.05, 4.69) is 4.72 Å². The lowest BCUT2D eigenvalue weighted by Crippen LogP contribution is -2.41. The average Bonchev–Trinajstić information content (AvgIpc) is 3.45. The van der Waals surface area contributed by atoms with Crippen molar-refractivity contribution in [2.75, 3.05) is 6.54 Å². The Balaban J connectivity index is 1.72. The van der Waals surface area contributed by atoms with Crippen LogP contribution in [0.1, 0.15) is 24.0 Å². The van der Waals surface area contributed by atoms with Gasteiger partial charge < -0.3 is 5.11 Å². The summed E-state index contributed by atoms with van der Waals surface area (Å²) < 4.78 is 27.0. The SMILES string of the molecule is O=S(=O)(/C=C/c1ccccc1)NC[C@](O)(c1ccccc1)C1CC1. The number of hydrogen-bond donors (Lipinski definition) is 2. The molecule has 0 unspecified atom stereocenters. The van der Waals surface area contributed by atoms with Crippen LogP contribution < -0.4 is 4.72 Å². The molecule has 1 fully saturated rings. The average molecular weight is 343 g/mol. The minimum absolute atomic E-state index is 0.0247. The minimum Gasteiger partial charge on any atom is -0.383 e. The Morgan fingerprint density at radius 2 is 1.62 bits per heavy atom. The van der Waals surface area contributed by atoms with Crippen LogP contribution in [0.2, 0.25) is 0 Å². The maximum absolute atomic E-state index is 12.2. The number of sulfonamides is 1. The van der Waals surface area contributed by atoms with Gasteiger partial charge in [0.2, 0.25) is 10.0 Å². The quantitative estimate of drug-likeness (QED) is 0.812. The van der Waals surface area contributed by atoms with E-state index in [0.717, 1.165) is 29.4 Å². The van der Waals surface area contributed by atoms with Gasteiger partial charge in [0.1, 0.15) is 5.60 Å². The van der Waals surface area contributed by atoms with E-state index in [9.17, 15) is 13.5 Å². The van der Waals surface area contributed by atoms with Crippen LogP contribution in [-0.4, -0.2) is 20.1 Å². The number of aliphatic hydroxyl groups is 1. The molecule has 1 atom stereocenters. The zero-order chi connectivity index (χ0) is 17.0. The van der Waals surface area contributed by atoms with Crippen LogP contribution in [-0.2, 0) is 15.6 Å². The Morgan fingerprint density at radius 3 is 2.21 bits per heavy atom. The first-order valence-corrected chi connectivity index (χ1v) is 9.55. The smallest absolute Gasteiger partial charge is 0.233 e. The van der Waals surface area contributed by atoms with Crippen molar-refractivity contribution < 1.29 is 13.5 Å². The minimum atomic E-state index is -3.62. The van der Waals surface area contributed by atoms with Gasteiger partial charge in [0, 0.05) is 12.0 Å². The fourth-order valence-electron chi connectivity index (χ4n) is 2.76. The second-order valence-corrected chi connectivity index (χ2v) is 7.79. The Hall–Kier alpha value is -1.95. The summed E-state index contributed by atoms with van der Waals surface area (Å²) in [6, 6.07) is 18.5. The molecule has 126 valence electrons. The topological polar surface area (TPSA) is 66.4 Å². The molecule has 5 heteroatoms. The summed E-state index contributed by atoms with van der Waals surface area (Å²) >= 11 is 0. The number of benzene rings is 2. The van der Waals surface area contributed by atoms with Crippen molar-refractivity contribution in [3.05, 3.63) is 77.2 Å². The summed E-state index contributed by atoms with van der Waals surface area (Å²) in [7, 11) is -3.62. The third-order valence-corrected chi connectivity index (χ3v) is 5.35. The van der Waals surface area contributed by atoms with Gasteiger partial charge in [-0.05, 0) is 36.0 Å². The Kier molecular flexibility index (Phi) is 4.85. The zero-order valence-electron chi connectivity index (χ0n) is 13.3. The first kappa shape index (κ1) is 16.9. The van der Waals surface area contributed by atoms with E-state index in [4.69, 9.17) is 0 Å². The van der Waals surface area contributed by atoms with Gasteiger partial charge in [-0.15, -0.1) is 0 Å². The summed E-state index contributed by atoms with van der Waals surface area (Å²) in [4.78, 5) is 0. The lowest BCUT2D eigenvalue weighted by Gasteiger charge is -2.28. The Morgan fingerprint density at radius 1 is 1.04 bits per heavy atom. The van der Waals surface area contributed by atoms with Crippen LogP contribution in [0.5, 0.6) is 0 Å². The van der Waals surface area contributed by atoms with Gasteiger partial charge in [-0.2, -0.15) is 0 Å². The molecular formula is C19H21NO3S. The Bertz CT molecular complexity index is 799. The molecule has 0 saturated heterocycles. The van der Waals surface area contributed by atoms with Crippen LogP contribution >= 0.6 is 0 Å². The van der Waals surface area contributed by atoms with Crippen LogP contribution in [0, 0.1) is 5.92 Å². The molecule has 0 aliphatic heterocycles. The summed E-state index contributed by atoms with van der Waals surface area (Å²) in [6.07, 6.45) is 3.36. The molecule has 1 aliphatic carbocycles. The first-order chi connectivity index (χ1) is 11.5. The van der Waals surface area contributed by atoms with E-state index in [1.807, 2.05) is 60.7 Å². The van der Waals surface area contributed by atoms with E-state index < -0.39 is 15.6 Å². The lowest BCUT2D eigenvalue weighted by atomic mass is 9.89. The van der Waals surface area contributed by atoms with Gasteiger partial charge in [0.05, 0.1) is 0 Å². The molecule has 1 saturated carbocycles. The van der Waals surface area contributed by atoms with Gasteiger partial charge in [0.15, 0.2) is 0 Å². The molecule has 3 rings (SSSR count). The highest BCUT2D eigenvalue weighted by Crippen LogP contribution is 2.45. The number of hydrogen-bond acceptors (Lipinski definition) is 3. The van der Waals surface area contributed by atoms with Gasteiger partial charge in [-0.1, -0.05) is 60.7 Å². The van der Waals surface area contributed by atoms with Crippen molar-refractivity contribution in [1.82, 2.24) is 4.72 Å². The molecule has 24 heavy (non-hydrogen) atoms. The van der Waals surface area contributed by atoms with E-state index in [1.54, 1.807) is 6.08 Å². The zero-order valence-corrected chi connectivity index (χ0v) is 14.1. The summed E-state index contributed by atoms with van der Waals surface area (Å²) in [5, 5.41) is 12.2. The second-order valence-electron chi connectivity index (χ2n) is 6.14. The molecular weight excluding hydrogens is 322 g/mol. The highest BCUT2D eigenvalue weighted by Gasteiger charge is 2.45. The van der Waals surface area contributed by atoms with Crippen molar-refractivity contribution in [2.45, 2.75) is 18.4 Å². The summed E-state index contributed by atoms with van der Waals surface area (Å²) in [5.74, 6) is 0.0979. The Labute approximate surface area is 142 Å². The van der Waals surface area contributed by atoms with E-state index in [-0.39, 0.29) is 12.5 Å². The predicted octanol–water partition coefficient (Wildman–Crippen LogP) is 2.87. The van der Waals surface area contributed by atoms with Gasteiger partial charge >= 0.3 is 0 Å². The summed E-state index contributed by atoms with van der Waals surface area (Å²) in [6.45, 7) is -0.0247. The van der Waals surface area contributed by atoms with Crippen molar-refractivity contribution in [2.24, 2.45) is 5.92 Å². The number of nitrogens with one attached hydrogen (secondary N) is 1. The molecule has 0 amide bonds. The molecule has 0 aromatic heterocycles. The van der Waals surface area contributed by atoms with E-state index in [1.165, 1.54) is 0 Å². The van der Waals surface area contributed by atoms with Gasteiger partial charge in [-0.3, -0.25) is 0 Å². The van der Waals surface area contributed by atoms with E-state index in [0.29, 0.717) is 0 Å². The molecule has 2 aromatic carbocycles. The molecule has 2 N–H and O–H groups in total. The standard InChI is InChI=1S/C19H21NO3S/c21-19(18-11-12-18,17-9-5-2-6-10-17)15-20-24(22,23)14-13-16-7-3-1-4-8-16/h1-10,13-14,18,20-21H,11-12,15H2/b14-13+/t19-/m0/s1. The van der Waals surface area contributed by atoms with Gasteiger partial charge in [-0.25, -0.2) is 13.1 Å². The molecule has 0 radical (unpaired) electrons. The van der Waals surface area contributed by atoms with Crippen molar-refractivity contribution in [1.29, 1.82) is 0 Å². The van der Waals surface area contributed by atoms with E-state index >= 15 is 0 Å². The molecule has 0 bridgehead atoms. The lowest BCUT2D eigenvalue weighted by molar-refractivity contribution is 0.0186. The first-order valence-electron chi connectivity index (χ1n) is 8.00. The third-order valence-electron chi connectivity index (χ3n) is 4.31. The predicted molar refractivity (Wildman–Crippen MR) is 95.5 cm³/mol. The van der Waals surface area contributed by atoms with Crippen molar-refractivity contribution in [3.8, 4) is 0 Å². The molecule has 4 nitrogen and oxygen atoms in total. The molecule has 1 aliphatic rings. The van der Waals surface area contributed by atoms with Crippen LogP contribution in [0.4, 0.5) is 0 Å².